The average Bonchev–Trinajstić information content (AvgIpc) is 3.21. The van der Waals surface area contributed by atoms with Gasteiger partial charge in [0.05, 0.1) is 18.1 Å². The van der Waals surface area contributed by atoms with Crippen molar-refractivity contribution in [3.8, 4) is 0 Å². The second-order valence-electron chi connectivity index (χ2n) is 7.08. The number of fused-ring (bicyclic) bond motifs is 1. The maximum absolute atomic E-state index is 12.0. The number of hydrogen-bond acceptors (Lipinski definition) is 9. The lowest BCUT2D eigenvalue weighted by Crippen LogP contribution is -2.37. The van der Waals surface area contributed by atoms with Gasteiger partial charge in [0.1, 0.15) is 25.4 Å². The maximum atomic E-state index is 12.0. The molecule has 1 saturated heterocycles. The van der Waals surface area contributed by atoms with E-state index >= 15 is 0 Å². The Balaban J connectivity index is 1.35. The van der Waals surface area contributed by atoms with Crippen LogP contribution in [-0.2, 0) is 42.9 Å². The van der Waals surface area contributed by atoms with Crippen molar-refractivity contribution in [3.63, 3.8) is 0 Å². The lowest BCUT2D eigenvalue weighted by molar-refractivity contribution is -0.159. The van der Waals surface area contributed by atoms with E-state index in [4.69, 9.17) is 18.4 Å². The molecule has 10 heteroatoms. The summed E-state index contributed by atoms with van der Waals surface area (Å²) < 4.78 is 43.9. The molecule has 2 aliphatic carbocycles. The topological polar surface area (TPSA) is 122 Å². The van der Waals surface area contributed by atoms with Crippen molar-refractivity contribution in [3.05, 3.63) is 12.2 Å². The van der Waals surface area contributed by atoms with Gasteiger partial charge in [0.15, 0.2) is 0 Å². The molecule has 2 bridgehead atoms. The van der Waals surface area contributed by atoms with Gasteiger partial charge in [0, 0.05) is 17.4 Å². The van der Waals surface area contributed by atoms with Crippen LogP contribution in [-0.4, -0.2) is 57.0 Å². The smallest absolute Gasteiger partial charge is 0.333 e. The third-order valence-electron chi connectivity index (χ3n) is 5.14. The molecule has 3 rings (SSSR count). The third kappa shape index (κ3) is 4.16. The Kier molecular flexibility index (Phi) is 5.57. The molecule has 150 valence electrons. The predicted octanol–water partition coefficient (Wildman–Crippen LogP) is 0.478. The van der Waals surface area contributed by atoms with Crippen molar-refractivity contribution < 1.29 is 41.2 Å². The van der Waals surface area contributed by atoms with Gasteiger partial charge < -0.3 is 14.2 Å². The number of esters is 3. The van der Waals surface area contributed by atoms with E-state index in [-0.39, 0.29) is 43.5 Å². The minimum Gasteiger partial charge on any atom is -0.462 e. The number of rotatable bonds is 8. The molecule has 0 aromatic carbocycles. The van der Waals surface area contributed by atoms with Crippen LogP contribution in [0.4, 0.5) is 0 Å². The van der Waals surface area contributed by atoms with E-state index in [1.807, 2.05) is 0 Å². The Bertz CT molecular complexity index is 756. The summed E-state index contributed by atoms with van der Waals surface area (Å²) in [6.45, 7) is 4.71. The fourth-order valence-electron chi connectivity index (χ4n) is 3.94. The molecule has 0 spiro atoms. The van der Waals surface area contributed by atoms with Gasteiger partial charge in [-0.1, -0.05) is 6.58 Å². The van der Waals surface area contributed by atoms with E-state index in [2.05, 4.69) is 6.58 Å². The summed E-state index contributed by atoms with van der Waals surface area (Å²) in [5, 5.41) is -0.476. The molecule has 9 nitrogen and oxygen atoms in total. The number of hydrogen-bond donors (Lipinski definition) is 0. The van der Waals surface area contributed by atoms with Crippen LogP contribution in [0.5, 0.6) is 0 Å². The summed E-state index contributed by atoms with van der Waals surface area (Å²) in [4.78, 5) is 34.8. The minimum absolute atomic E-state index is 0.0128. The summed E-state index contributed by atoms with van der Waals surface area (Å²) in [5.41, 5.74) is 0.245. The van der Waals surface area contributed by atoms with Crippen LogP contribution in [0.3, 0.4) is 0 Å². The summed E-state index contributed by atoms with van der Waals surface area (Å²) in [7, 11) is -3.56. The van der Waals surface area contributed by atoms with Gasteiger partial charge in [0.2, 0.25) is 0 Å². The molecule has 5 atom stereocenters. The monoisotopic (exact) mass is 402 g/mol. The van der Waals surface area contributed by atoms with Crippen LogP contribution in [0.25, 0.3) is 0 Å². The van der Waals surface area contributed by atoms with Gasteiger partial charge in [-0.25, -0.2) is 4.79 Å². The molecule has 1 heterocycles. The molecule has 1 aliphatic heterocycles. The van der Waals surface area contributed by atoms with E-state index in [1.165, 1.54) is 6.92 Å². The van der Waals surface area contributed by atoms with Gasteiger partial charge in [-0.15, -0.1) is 0 Å². The molecule has 5 unspecified atom stereocenters. The highest BCUT2D eigenvalue weighted by Gasteiger charge is 2.65. The molecule has 0 amide bonds. The molecule has 27 heavy (non-hydrogen) atoms. The molecular weight excluding hydrogens is 380 g/mol. The molecule has 0 aromatic rings. The van der Waals surface area contributed by atoms with Crippen molar-refractivity contribution >= 4 is 28.0 Å². The maximum Gasteiger partial charge on any atom is 0.333 e. The number of carbonyl (C=O) groups is 3. The summed E-state index contributed by atoms with van der Waals surface area (Å²) >= 11 is 0. The predicted molar refractivity (Wildman–Crippen MR) is 89.6 cm³/mol. The Morgan fingerprint density at radius 2 is 1.74 bits per heavy atom. The summed E-state index contributed by atoms with van der Waals surface area (Å²) in [5.74, 6) is -1.90. The number of carbonyl (C=O) groups excluding carboxylic acids is 3. The van der Waals surface area contributed by atoms with E-state index in [0.717, 1.165) is 0 Å². The van der Waals surface area contributed by atoms with Crippen molar-refractivity contribution in [2.75, 3.05) is 13.2 Å². The zero-order valence-electron chi connectivity index (χ0n) is 14.9. The highest BCUT2D eigenvalue weighted by atomic mass is 32.2. The van der Waals surface area contributed by atoms with Gasteiger partial charge in [0.25, 0.3) is 10.1 Å². The highest BCUT2D eigenvalue weighted by Crippen LogP contribution is 2.55. The molecule has 2 saturated carbocycles. The lowest BCUT2D eigenvalue weighted by Gasteiger charge is -2.24. The largest absolute Gasteiger partial charge is 0.462 e. The zero-order chi connectivity index (χ0) is 19.8. The Hall–Kier alpha value is -1.94. The quantitative estimate of drug-likeness (QED) is 0.187. The fraction of sp³-hybridized carbons (Fsp3) is 0.706. The lowest BCUT2D eigenvalue weighted by atomic mass is 9.94. The van der Waals surface area contributed by atoms with Crippen LogP contribution in [0, 0.1) is 11.8 Å². The molecule has 0 radical (unpaired) electrons. The average molecular weight is 402 g/mol. The molecule has 3 fully saturated rings. The normalized spacial score (nSPS) is 32.1. The van der Waals surface area contributed by atoms with E-state index in [9.17, 15) is 22.8 Å². The van der Waals surface area contributed by atoms with Crippen molar-refractivity contribution in [2.45, 2.75) is 50.1 Å². The van der Waals surface area contributed by atoms with Crippen molar-refractivity contribution in [1.29, 1.82) is 0 Å². The SMILES string of the molecule is C=C(C)C(=O)OCCOC(=O)CCC(=O)OC1C2CC3C1OS(=O)(=O)C3C2. The highest BCUT2D eigenvalue weighted by molar-refractivity contribution is 7.87. The second kappa shape index (κ2) is 7.59. The van der Waals surface area contributed by atoms with Crippen LogP contribution in [0.1, 0.15) is 32.6 Å². The second-order valence-corrected chi connectivity index (χ2v) is 8.86. The van der Waals surface area contributed by atoms with Crippen molar-refractivity contribution in [2.24, 2.45) is 11.8 Å². The van der Waals surface area contributed by atoms with Gasteiger partial charge in [-0.3, -0.25) is 13.8 Å². The molecule has 0 aromatic heterocycles. The van der Waals surface area contributed by atoms with E-state index < -0.39 is 45.5 Å². The first-order valence-electron chi connectivity index (χ1n) is 8.79. The first-order chi connectivity index (χ1) is 12.7. The minimum atomic E-state index is -3.56. The summed E-state index contributed by atoms with van der Waals surface area (Å²) in [6, 6.07) is 0. The Morgan fingerprint density at radius 3 is 2.44 bits per heavy atom. The first-order valence-corrected chi connectivity index (χ1v) is 10.3. The van der Waals surface area contributed by atoms with Crippen molar-refractivity contribution in [1.82, 2.24) is 0 Å². The van der Waals surface area contributed by atoms with E-state index in [0.29, 0.717) is 12.8 Å². The van der Waals surface area contributed by atoms with Gasteiger partial charge in [-0.2, -0.15) is 8.42 Å². The standard InChI is InChI=1S/C17H22O9S/c1-9(2)17(20)24-6-5-23-13(18)3-4-14(19)25-15-10-7-11-12(8-10)27(21,22)26-16(11)15/h10-12,15-16H,1,3-8H2,2H3. The molecule has 3 aliphatic rings. The van der Waals surface area contributed by atoms with E-state index in [1.54, 1.807) is 0 Å². The Labute approximate surface area is 157 Å². The zero-order valence-corrected chi connectivity index (χ0v) is 15.7. The van der Waals surface area contributed by atoms with Crippen LogP contribution in [0.15, 0.2) is 12.2 Å². The van der Waals surface area contributed by atoms with Gasteiger partial charge in [-0.05, 0) is 19.8 Å². The van der Waals surface area contributed by atoms with Gasteiger partial charge >= 0.3 is 17.9 Å². The summed E-state index contributed by atoms with van der Waals surface area (Å²) in [6.07, 6.45) is -0.405. The van der Waals surface area contributed by atoms with Crippen LogP contribution in [0.2, 0.25) is 0 Å². The Morgan fingerprint density at radius 1 is 1.07 bits per heavy atom. The van der Waals surface area contributed by atoms with Crippen LogP contribution < -0.4 is 0 Å². The third-order valence-corrected chi connectivity index (χ3v) is 6.92. The molecular formula is C17H22O9S. The fourth-order valence-corrected chi connectivity index (χ4v) is 5.83. The van der Waals surface area contributed by atoms with Crippen LogP contribution >= 0.6 is 0 Å². The first kappa shape index (κ1) is 19.8. The number of ether oxygens (including phenoxy) is 3. The molecule has 0 N–H and O–H groups in total.